The molecule has 6 nitrogen and oxygen atoms in total. The van der Waals surface area contributed by atoms with Crippen LogP contribution in [-0.2, 0) is 0 Å². The molecule has 2 aromatic carbocycles. The van der Waals surface area contributed by atoms with Gasteiger partial charge in [-0.1, -0.05) is 135 Å². The van der Waals surface area contributed by atoms with E-state index in [0.29, 0.717) is 30.3 Å². The summed E-state index contributed by atoms with van der Waals surface area (Å²) in [5, 5.41) is 0.816. The first-order valence-corrected chi connectivity index (χ1v) is 16.4. The summed E-state index contributed by atoms with van der Waals surface area (Å²) in [7, 11) is 1.53. The highest BCUT2D eigenvalue weighted by Gasteiger charge is 2.20. The van der Waals surface area contributed by atoms with Gasteiger partial charge in [-0.2, -0.15) is 4.79 Å². The zero-order valence-corrected chi connectivity index (χ0v) is 27.8. The second kappa shape index (κ2) is 21.1. The third-order valence-electron chi connectivity index (χ3n) is 6.84. The van der Waals surface area contributed by atoms with Crippen LogP contribution < -0.4 is 14.2 Å². The molecule has 0 aliphatic carbocycles. The molecule has 42 heavy (non-hydrogen) atoms. The van der Waals surface area contributed by atoms with Gasteiger partial charge < -0.3 is 19.7 Å². The predicted octanol–water partition coefficient (Wildman–Crippen LogP) is 11.4. The molecule has 2 aromatic rings. The molecule has 0 aliphatic rings. The maximum atomic E-state index is 11.8. The van der Waals surface area contributed by atoms with Crippen LogP contribution in [0, 0.1) is 0 Å². The Balaban J connectivity index is 1.41. The van der Waals surface area contributed by atoms with E-state index < -0.39 is 5.78 Å². The Hall–Kier alpha value is -1.66. The van der Waals surface area contributed by atoms with Gasteiger partial charge >= 0.3 is 6.21 Å². The maximum Gasteiger partial charge on any atom is 0.328 e. The third kappa shape index (κ3) is 12.5. The summed E-state index contributed by atoms with van der Waals surface area (Å²) < 4.78 is 16.9. The Morgan fingerprint density at radius 1 is 0.667 bits per heavy atom. The van der Waals surface area contributed by atoms with Crippen molar-refractivity contribution in [2.24, 2.45) is 0 Å². The van der Waals surface area contributed by atoms with E-state index in [4.69, 9.17) is 77.7 Å². The molecule has 0 radical (unpaired) electrons. The number of ether oxygens (including phenoxy) is 3. The Morgan fingerprint density at radius 3 is 1.55 bits per heavy atom. The minimum Gasteiger partial charge on any atom is -0.493 e. The summed E-state index contributed by atoms with van der Waals surface area (Å²) in [5.41, 5.74) is 8.90. The molecule has 0 fully saturated rings. The van der Waals surface area contributed by atoms with E-state index in [9.17, 15) is 4.79 Å². The quantitative estimate of drug-likeness (QED) is 0.0236. The molecular formula is C31H39Cl5N2O4. The van der Waals surface area contributed by atoms with E-state index in [2.05, 4.69) is 4.79 Å². The molecule has 0 unspecified atom stereocenters. The minimum absolute atomic E-state index is 0.133. The lowest BCUT2D eigenvalue weighted by Gasteiger charge is -2.13. The summed E-state index contributed by atoms with van der Waals surface area (Å²) in [6.45, 7) is 1.10. The molecule has 0 heterocycles. The highest BCUT2D eigenvalue weighted by Crippen LogP contribution is 2.48. The number of methoxy groups -OCH3 is 1. The zero-order chi connectivity index (χ0) is 30.7. The zero-order valence-electron chi connectivity index (χ0n) is 24.0. The van der Waals surface area contributed by atoms with Gasteiger partial charge in [-0.25, -0.2) is 0 Å². The molecule has 11 heteroatoms. The van der Waals surface area contributed by atoms with Gasteiger partial charge in [0.15, 0.2) is 17.2 Å². The number of benzene rings is 2. The lowest BCUT2D eigenvalue weighted by molar-refractivity contribution is 0.00234. The number of hydrogen-bond acceptors (Lipinski definition) is 4. The standard InChI is InChI=1S/C31H39Cl5N2O4/c1-40-25-20-22(23(39)21-38-37)16-17-24(25)41-18-14-12-10-8-6-4-2-3-5-7-9-11-13-15-19-42-31-29(35)27(33)26(32)28(34)30(31)36/h16-17,20-21H,2-15,18-19H2,1H3. The number of hydrogen-bond donors (Lipinski definition) is 0. The summed E-state index contributed by atoms with van der Waals surface area (Å²) >= 11 is 30.5. The third-order valence-corrected chi connectivity index (χ3v) is 9.08. The van der Waals surface area contributed by atoms with E-state index in [1.54, 1.807) is 18.2 Å². The van der Waals surface area contributed by atoms with Gasteiger partial charge in [0.05, 0.1) is 35.4 Å². The number of Topliss-reactive ketones (excluding diaryl/α,β-unsaturated/α-hetero) is 1. The Bertz CT molecular complexity index is 1160. The first-order chi connectivity index (χ1) is 20.3. The largest absolute Gasteiger partial charge is 0.493 e. The van der Waals surface area contributed by atoms with Crippen LogP contribution in [0.4, 0.5) is 0 Å². The van der Waals surface area contributed by atoms with Crippen LogP contribution in [-0.4, -0.2) is 37.1 Å². The van der Waals surface area contributed by atoms with Crippen LogP contribution in [0.25, 0.3) is 5.53 Å². The molecular weight excluding hydrogens is 642 g/mol. The molecule has 0 bridgehead atoms. The van der Waals surface area contributed by atoms with Gasteiger partial charge in [0.1, 0.15) is 10.0 Å². The first-order valence-electron chi connectivity index (χ1n) is 14.5. The summed E-state index contributed by atoms with van der Waals surface area (Å²) in [6.07, 6.45) is 17.5. The smallest absolute Gasteiger partial charge is 0.328 e. The minimum atomic E-state index is -0.400. The van der Waals surface area contributed by atoms with Gasteiger partial charge in [-0.15, -0.1) is 0 Å². The molecule has 232 valence electrons. The monoisotopic (exact) mass is 678 g/mol. The van der Waals surface area contributed by atoms with E-state index in [1.807, 2.05) is 0 Å². The number of unbranched alkanes of at least 4 members (excludes halogenated alkanes) is 13. The SMILES string of the molecule is COc1cc(C(=O)C=[N+]=[N-])ccc1OCCCCCCCCCCCCCCCCOc1c(Cl)c(Cl)c(Cl)c(Cl)c1Cl. The van der Waals surface area contributed by atoms with Gasteiger partial charge in [-0.3, -0.25) is 4.79 Å². The Morgan fingerprint density at radius 2 is 1.10 bits per heavy atom. The summed E-state index contributed by atoms with van der Waals surface area (Å²) in [5.74, 6) is 0.979. The summed E-state index contributed by atoms with van der Waals surface area (Å²) in [4.78, 5) is 14.6. The topological polar surface area (TPSA) is 81.2 Å². The molecule has 0 aromatic heterocycles. The van der Waals surface area contributed by atoms with Crippen LogP contribution in [0.15, 0.2) is 18.2 Å². The highest BCUT2D eigenvalue weighted by molar-refractivity contribution is 6.55. The molecule has 0 aliphatic heterocycles. The van der Waals surface area contributed by atoms with Gasteiger partial charge in [0.25, 0.3) is 5.78 Å². The maximum absolute atomic E-state index is 11.8. The van der Waals surface area contributed by atoms with E-state index >= 15 is 0 Å². The average molecular weight is 681 g/mol. The van der Waals surface area contributed by atoms with Crippen LogP contribution >= 0.6 is 58.0 Å². The number of rotatable bonds is 22. The fourth-order valence-electron chi connectivity index (χ4n) is 4.46. The van der Waals surface area contributed by atoms with E-state index in [1.165, 1.54) is 71.3 Å². The number of ketones is 1. The predicted molar refractivity (Wildman–Crippen MR) is 174 cm³/mol. The number of nitrogens with zero attached hydrogens (tertiary/aromatic N) is 2. The average Bonchev–Trinajstić information content (AvgIpc) is 2.99. The number of halogens is 5. The molecule has 0 spiro atoms. The molecule has 2 rings (SSSR count). The van der Waals surface area contributed by atoms with Crippen LogP contribution in [0.5, 0.6) is 17.2 Å². The summed E-state index contributed by atoms with van der Waals surface area (Å²) in [6, 6.07) is 4.92. The van der Waals surface area contributed by atoms with Crippen molar-refractivity contribution >= 4 is 70.0 Å². The fourth-order valence-corrected chi connectivity index (χ4v) is 5.69. The van der Waals surface area contributed by atoms with Crippen molar-refractivity contribution in [3.05, 3.63) is 54.4 Å². The van der Waals surface area contributed by atoms with Crippen molar-refractivity contribution in [1.29, 1.82) is 0 Å². The van der Waals surface area contributed by atoms with Gasteiger partial charge in [0.2, 0.25) is 0 Å². The number of carbonyl (C=O) groups excluding carboxylic acids is 1. The van der Waals surface area contributed by atoms with Crippen LogP contribution in [0.1, 0.15) is 100 Å². The number of carbonyl (C=O) groups is 1. The van der Waals surface area contributed by atoms with Crippen molar-refractivity contribution in [2.45, 2.75) is 89.9 Å². The highest BCUT2D eigenvalue weighted by atomic mass is 35.5. The van der Waals surface area contributed by atoms with Crippen molar-refractivity contribution in [3.63, 3.8) is 0 Å². The normalized spacial score (nSPS) is 10.8. The van der Waals surface area contributed by atoms with E-state index in [-0.39, 0.29) is 30.9 Å². The second-order valence-corrected chi connectivity index (χ2v) is 11.9. The first kappa shape index (κ1) is 36.5. The Labute approximate surface area is 274 Å². The van der Waals surface area contributed by atoms with Crippen molar-refractivity contribution in [2.75, 3.05) is 20.3 Å². The molecule has 0 amide bonds. The van der Waals surface area contributed by atoms with Crippen LogP contribution in [0.2, 0.25) is 25.1 Å². The van der Waals surface area contributed by atoms with Crippen LogP contribution in [0.3, 0.4) is 0 Å². The molecule has 0 saturated heterocycles. The van der Waals surface area contributed by atoms with E-state index in [0.717, 1.165) is 31.9 Å². The Kier molecular flexibility index (Phi) is 18.4. The lowest BCUT2D eigenvalue weighted by atomic mass is 10.0. The molecule has 0 atom stereocenters. The molecule has 0 N–H and O–H groups in total. The fraction of sp³-hybridized carbons (Fsp3) is 0.548. The second-order valence-electron chi connectivity index (χ2n) is 10.0. The van der Waals surface area contributed by atoms with Gasteiger partial charge in [-0.05, 0) is 31.0 Å². The lowest BCUT2D eigenvalue weighted by Crippen LogP contribution is -2.04. The van der Waals surface area contributed by atoms with Gasteiger partial charge in [0, 0.05) is 5.56 Å². The van der Waals surface area contributed by atoms with Crippen molar-refractivity contribution in [3.8, 4) is 17.2 Å². The molecule has 0 saturated carbocycles. The van der Waals surface area contributed by atoms with Crippen molar-refractivity contribution in [1.82, 2.24) is 0 Å². The van der Waals surface area contributed by atoms with Crippen molar-refractivity contribution < 1.29 is 23.8 Å².